The summed E-state index contributed by atoms with van der Waals surface area (Å²) in [5, 5.41) is 2.76. The molecule has 0 fully saturated rings. The molecule has 1 aliphatic rings. The Bertz CT molecular complexity index is 424. The summed E-state index contributed by atoms with van der Waals surface area (Å²) < 4.78 is 0. The van der Waals surface area contributed by atoms with Crippen molar-refractivity contribution in [3.63, 3.8) is 0 Å². The van der Waals surface area contributed by atoms with Gasteiger partial charge in [-0.3, -0.25) is 4.79 Å². The van der Waals surface area contributed by atoms with Gasteiger partial charge in [-0.05, 0) is 17.0 Å². The van der Waals surface area contributed by atoms with Crippen molar-refractivity contribution < 1.29 is 4.79 Å². The van der Waals surface area contributed by atoms with E-state index in [4.69, 9.17) is 5.73 Å². The summed E-state index contributed by atoms with van der Waals surface area (Å²) in [6, 6.07) is 5.48. The maximum atomic E-state index is 11.4. The zero-order chi connectivity index (χ0) is 11.2. The Morgan fingerprint density at radius 2 is 1.94 bits per heavy atom. The van der Waals surface area contributed by atoms with E-state index in [1.807, 2.05) is 18.2 Å². The van der Waals surface area contributed by atoms with Crippen LogP contribution in [0.1, 0.15) is 37.9 Å². The molecule has 4 heteroatoms. The number of nitrogens with two attached hydrogens (primary N) is 1. The third-order valence-electron chi connectivity index (χ3n) is 2.79. The van der Waals surface area contributed by atoms with Crippen LogP contribution in [0.3, 0.4) is 0 Å². The fraction of sp³-hybridized carbons (Fsp3) is 0.417. The second kappa shape index (κ2) is 4.07. The number of nitrogens with one attached hydrogen (secondary N) is 1. The van der Waals surface area contributed by atoms with Crippen molar-refractivity contribution >= 4 is 24.0 Å². The molecule has 1 heterocycles. The zero-order valence-electron chi connectivity index (χ0n) is 9.70. The monoisotopic (exact) mass is 240 g/mol. The van der Waals surface area contributed by atoms with Crippen LogP contribution in [0, 0.1) is 0 Å². The third-order valence-corrected chi connectivity index (χ3v) is 2.79. The normalized spacial score (nSPS) is 18.8. The van der Waals surface area contributed by atoms with E-state index >= 15 is 0 Å². The van der Waals surface area contributed by atoms with Gasteiger partial charge in [0.2, 0.25) is 5.91 Å². The van der Waals surface area contributed by atoms with Gasteiger partial charge in [-0.15, -0.1) is 12.4 Å². The van der Waals surface area contributed by atoms with E-state index in [0.717, 1.165) is 11.3 Å². The van der Waals surface area contributed by atoms with Crippen molar-refractivity contribution in [3.8, 4) is 0 Å². The molecule has 0 aromatic heterocycles. The van der Waals surface area contributed by atoms with Crippen molar-refractivity contribution in [1.29, 1.82) is 0 Å². The average molecular weight is 241 g/mol. The summed E-state index contributed by atoms with van der Waals surface area (Å²) in [7, 11) is 0. The van der Waals surface area contributed by atoms with E-state index in [9.17, 15) is 4.79 Å². The van der Waals surface area contributed by atoms with Gasteiger partial charge in [0, 0.05) is 11.3 Å². The van der Waals surface area contributed by atoms with Crippen molar-refractivity contribution in [2.45, 2.75) is 32.2 Å². The topological polar surface area (TPSA) is 55.1 Å². The Hall–Kier alpha value is -1.06. The maximum Gasteiger partial charge on any atom is 0.245 e. The summed E-state index contributed by atoms with van der Waals surface area (Å²) in [5.41, 5.74) is 8.83. The van der Waals surface area contributed by atoms with Crippen molar-refractivity contribution in [3.05, 3.63) is 29.3 Å². The van der Waals surface area contributed by atoms with Crippen LogP contribution in [-0.2, 0) is 10.2 Å². The molecule has 3 nitrogen and oxygen atoms in total. The maximum absolute atomic E-state index is 11.4. The minimum absolute atomic E-state index is 0. The van der Waals surface area contributed by atoms with Gasteiger partial charge in [-0.25, -0.2) is 0 Å². The van der Waals surface area contributed by atoms with Gasteiger partial charge in [0.25, 0.3) is 0 Å². The molecule has 0 bridgehead atoms. The fourth-order valence-electron chi connectivity index (χ4n) is 1.75. The number of fused-ring (bicyclic) bond motifs is 1. The lowest BCUT2D eigenvalue weighted by molar-refractivity contribution is -0.116. The van der Waals surface area contributed by atoms with E-state index in [2.05, 4.69) is 26.1 Å². The molecule has 1 aromatic rings. The molecule has 1 aliphatic heterocycles. The lowest BCUT2D eigenvalue weighted by atomic mass is 9.85. The molecule has 0 aliphatic carbocycles. The quantitative estimate of drug-likeness (QED) is 0.732. The molecule has 3 N–H and O–H groups in total. The first kappa shape index (κ1) is 13.0. The molecule has 0 saturated carbocycles. The number of hydrogen-bond donors (Lipinski definition) is 2. The number of anilines is 1. The van der Waals surface area contributed by atoms with Gasteiger partial charge in [0.15, 0.2) is 0 Å². The predicted molar refractivity (Wildman–Crippen MR) is 67.9 cm³/mol. The zero-order valence-corrected chi connectivity index (χ0v) is 10.5. The Balaban J connectivity index is 0.00000128. The van der Waals surface area contributed by atoms with Gasteiger partial charge in [-0.2, -0.15) is 0 Å². The molecule has 0 saturated heterocycles. The van der Waals surface area contributed by atoms with E-state index in [-0.39, 0.29) is 23.7 Å². The Labute approximate surface area is 102 Å². The van der Waals surface area contributed by atoms with Gasteiger partial charge in [0.1, 0.15) is 6.04 Å². The van der Waals surface area contributed by atoms with Gasteiger partial charge >= 0.3 is 0 Å². The van der Waals surface area contributed by atoms with Crippen molar-refractivity contribution in [1.82, 2.24) is 0 Å². The first-order valence-corrected chi connectivity index (χ1v) is 5.10. The van der Waals surface area contributed by atoms with Crippen LogP contribution in [0.25, 0.3) is 0 Å². The molecule has 1 amide bonds. The summed E-state index contributed by atoms with van der Waals surface area (Å²) in [6.07, 6.45) is 0. The average Bonchev–Trinajstić information content (AvgIpc) is 2.41. The minimum Gasteiger partial charge on any atom is -0.324 e. The number of halogens is 1. The predicted octanol–water partition coefficient (Wildman–Crippen LogP) is 2.36. The molecule has 0 spiro atoms. The molecule has 2 rings (SSSR count). The fourth-order valence-corrected chi connectivity index (χ4v) is 1.75. The van der Waals surface area contributed by atoms with Crippen LogP contribution in [0.4, 0.5) is 5.69 Å². The number of benzene rings is 1. The second-order valence-electron chi connectivity index (χ2n) is 5.02. The number of carbonyl (C=O) groups excluding carboxylic acids is 1. The van der Waals surface area contributed by atoms with Crippen LogP contribution in [-0.4, -0.2) is 5.91 Å². The first-order chi connectivity index (χ1) is 6.89. The van der Waals surface area contributed by atoms with E-state index in [0.29, 0.717) is 0 Å². The first-order valence-electron chi connectivity index (χ1n) is 5.10. The summed E-state index contributed by atoms with van der Waals surface area (Å²) >= 11 is 0. The smallest absolute Gasteiger partial charge is 0.245 e. The van der Waals surface area contributed by atoms with Crippen LogP contribution < -0.4 is 11.1 Å². The highest BCUT2D eigenvalue weighted by Crippen LogP contribution is 2.33. The second-order valence-corrected chi connectivity index (χ2v) is 5.02. The van der Waals surface area contributed by atoms with E-state index in [1.54, 1.807) is 0 Å². The lowest BCUT2D eigenvalue weighted by Crippen LogP contribution is -2.20. The Morgan fingerprint density at radius 1 is 1.31 bits per heavy atom. The van der Waals surface area contributed by atoms with E-state index in [1.165, 1.54) is 5.56 Å². The minimum atomic E-state index is -0.512. The van der Waals surface area contributed by atoms with E-state index < -0.39 is 6.04 Å². The van der Waals surface area contributed by atoms with Crippen molar-refractivity contribution in [2.24, 2.45) is 5.73 Å². The molecular formula is C12H17ClN2O. The molecule has 0 radical (unpaired) electrons. The van der Waals surface area contributed by atoms with Crippen LogP contribution in [0.15, 0.2) is 18.2 Å². The van der Waals surface area contributed by atoms with Crippen LogP contribution >= 0.6 is 12.4 Å². The molecule has 16 heavy (non-hydrogen) atoms. The Morgan fingerprint density at radius 3 is 2.50 bits per heavy atom. The summed E-state index contributed by atoms with van der Waals surface area (Å²) in [4.78, 5) is 11.4. The van der Waals surface area contributed by atoms with Crippen molar-refractivity contribution in [2.75, 3.05) is 5.32 Å². The van der Waals surface area contributed by atoms with Crippen LogP contribution in [0.2, 0.25) is 0 Å². The highest BCUT2D eigenvalue weighted by Gasteiger charge is 2.28. The van der Waals surface area contributed by atoms with Gasteiger partial charge < -0.3 is 11.1 Å². The standard InChI is InChI=1S/C12H16N2O.ClH/c1-12(2,3)7-4-5-9-8(6-7)10(13)11(15)14-9;/h4-6,10H,13H2,1-3H3,(H,14,15);1H. The number of hydrogen-bond acceptors (Lipinski definition) is 2. The molecule has 88 valence electrons. The van der Waals surface area contributed by atoms with Gasteiger partial charge in [0.05, 0.1) is 0 Å². The number of rotatable bonds is 0. The highest BCUT2D eigenvalue weighted by molar-refractivity contribution is 6.02. The molecule has 1 unspecified atom stereocenters. The molecular weight excluding hydrogens is 224 g/mol. The summed E-state index contributed by atoms with van der Waals surface area (Å²) in [5.74, 6) is -0.115. The molecule has 1 atom stereocenters. The van der Waals surface area contributed by atoms with Gasteiger partial charge in [-0.1, -0.05) is 32.9 Å². The highest BCUT2D eigenvalue weighted by atomic mass is 35.5. The summed E-state index contributed by atoms with van der Waals surface area (Å²) in [6.45, 7) is 6.43. The SMILES string of the molecule is CC(C)(C)c1ccc2c(c1)C(N)C(=O)N2.Cl. The van der Waals surface area contributed by atoms with Crippen LogP contribution in [0.5, 0.6) is 0 Å². The molecule has 1 aromatic carbocycles. The number of amides is 1. The third kappa shape index (κ3) is 2.06. The largest absolute Gasteiger partial charge is 0.324 e. The number of carbonyl (C=O) groups is 1. The Kier molecular flexibility index (Phi) is 3.31. The lowest BCUT2D eigenvalue weighted by Gasteiger charge is -2.20.